The third-order valence-corrected chi connectivity index (χ3v) is 5.79. The van der Waals surface area contributed by atoms with Gasteiger partial charge in [-0.05, 0) is 36.4 Å². The Morgan fingerprint density at radius 1 is 1.19 bits per heavy atom. The Balaban J connectivity index is 1.57. The molecule has 3 aromatic heterocycles. The monoisotopic (exact) mass is 454 g/mol. The molecule has 0 fully saturated rings. The van der Waals surface area contributed by atoms with Gasteiger partial charge in [0.2, 0.25) is 0 Å². The van der Waals surface area contributed by atoms with Crippen molar-refractivity contribution < 1.29 is 4.79 Å². The van der Waals surface area contributed by atoms with Crippen molar-refractivity contribution in [2.24, 2.45) is 0 Å². The minimum absolute atomic E-state index is 0.106. The van der Waals surface area contributed by atoms with Crippen molar-refractivity contribution in [3.63, 3.8) is 0 Å². The number of hydrogen-bond donors (Lipinski definition) is 1. The van der Waals surface area contributed by atoms with E-state index in [0.29, 0.717) is 14.9 Å². The molecule has 158 valence electrons. The predicted octanol–water partition coefficient (Wildman–Crippen LogP) is 3.13. The number of rotatable bonds is 6. The molecule has 1 N–H and O–H groups in total. The molecule has 3 heterocycles. The number of carbonyl (C=O) groups excluding carboxylic acids is 1. The average molecular weight is 455 g/mol. The zero-order chi connectivity index (χ0) is 22.0. The van der Waals surface area contributed by atoms with Crippen LogP contribution in [0.5, 0.6) is 0 Å². The third-order valence-electron chi connectivity index (χ3n) is 4.56. The Labute approximate surface area is 187 Å². The lowest BCUT2D eigenvalue weighted by Gasteiger charge is -2.19. The van der Waals surface area contributed by atoms with Crippen LogP contribution >= 0.6 is 22.9 Å². The van der Waals surface area contributed by atoms with E-state index in [-0.39, 0.29) is 18.0 Å². The van der Waals surface area contributed by atoms with Gasteiger partial charge in [-0.1, -0.05) is 22.9 Å². The molecule has 0 atom stereocenters. The topological polar surface area (TPSA) is 85.0 Å². The van der Waals surface area contributed by atoms with Crippen molar-refractivity contribution in [2.75, 3.05) is 19.0 Å². The van der Waals surface area contributed by atoms with Gasteiger partial charge in [0.05, 0.1) is 39.0 Å². The van der Waals surface area contributed by atoms with E-state index < -0.39 is 0 Å². The van der Waals surface area contributed by atoms with E-state index >= 15 is 0 Å². The van der Waals surface area contributed by atoms with Crippen molar-refractivity contribution in [3.8, 4) is 11.4 Å². The van der Waals surface area contributed by atoms with Gasteiger partial charge in [-0.15, -0.1) is 16.4 Å². The van der Waals surface area contributed by atoms with E-state index in [2.05, 4.69) is 15.6 Å². The molecule has 4 rings (SSSR count). The fourth-order valence-electron chi connectivity index (χ4n) is 3.05. The van der Waals surface area contributed by atoms with Gasteiger partial charge < -0.3 is 10.2 Å². The molecule has 1 amide bonds. The second kappa shape index (κ2) is 8.75. The number of carbonyl (C=O) groups is 1. The highest BCUT2D eigenvalue weighted by Crippen LogP contribution is 2.25. The van der Waals surface area contributed by atoms with Crippen molar-refractivity contribution in [1.29, 1.82) is 0 Å². The number of pyridine rings is 1. The molecule has 0 radical (unpaired) electrons. The van der Waals surface area contributed by atoms with E-state index in [4.69, 9.17) is 11.6 Å². The summed E-state index contributed by atoms with van der Waals surface area (Å²) in [6, 6.07) is 14.1. The van der Waals surface area contributed by atoms with Crippen LogP contribution in [0.3, 0.4) is 0 Å². The predicted molar refractivity (Wildman–Crippen MR) is 122 cm³/mol. The number of thiophene rings is 1. The fourth-order valence-corrected chi connectivity index (χ4v) is 4.01. The van der Waals surface area contributed by atoms with Gasteiger partial charge in [0.25, 0.3) is 11.5 Å². The SMILES string of the molecule is CN(C)c1cc(-n2ccccc2=O)ccc1-n1cc(CNC(=O)c2ccc(Cl)s2)nn1. The Hall–Kier alpha value is -3.43. The van der Waals surface area contributed by atoms with Gasteiger partial charge >= 0.3 is 0 Å². The molecule has 10 heteroatoms. The van der Waals surface area contributed by atoms with E-state index in [0.717, 1.165) is 17.1 Å². The highest BCUT2D eigenvalue weighted by Gasteiger charge is 2.13. The zero-order valence-corrected chi connectivity index (χ0v) is 18.4. The number of nitrogens with one attached hydrogen (secondary N) is 1. The summed E-state index contributed by atoms with van der Waals surface area (Å²) < 4.78 is 3.79. The fraction of sp³-hybridized carbons (Fsp3) is 0.143. The van der Waals surface area contributed by atoms with E-state index in [9.17, 15) is 9.59 Å². The van der Waals surface area contributed by atoms with Crippen LogP contribution in [0.2, 0.25) is 4.34 Å². The summed E-state index contributed by atoms with van der Waals surface area (Å²) >= 11 is 7.10. The van der Waals surface area contributed by atoms with Gasteiger partial charge in [-0.25, -0.2) is 4.68 Å². The minimum Gasteiger partial charge on any atom is -0.376 e. The highest BCUT2D eigenvalue weighted by molar-refractivity contribution is 7.17. The number of anilines is 1. The van der Waals surface area contributed by atoms with Crippen molar-refractivity contribution in [1.82, 2.24) is 24.9 Å². The standard InChI is InChI=1S/C21H19ClN6O2S/c1-26(2)17-11-15(27-10-4-3-5-20(27)29)6-7-16(17)28-13-14(24-25-28)12-23-21(30)18-8-9-19(22)31-18/h3-11,13H,12H2,1-2H3,(H,23,30). The van der Waals surface area contributed by atoms with Crippen molar-refractivity contribution >= 4 is 34.5 Å². The van der Waals surface area contributed by atoms with Crippen LogP contribution in [-0.2, 0) is 6.54 Å². The Morgan fingerprint density at radius 3 is 2.74 bits per heavy atom. The van der Waals surface area contributed by atoms with Gasteiger partial charge in [0, 0.05) is 26.4 Å². The number of nitrogens with zero attached hydrogens (tertiary/aromatic N) is 5. The van der Waals surface area contributed by atoms with Crippen LogP contribution in [-0.4, -0.2) is 39.6 Å². The molecule has 31 heavy (non-hydrogen) atoms. The van der Waals surface area contributed by atoms with E-state index in [1.807, 2.05) is 43.3 Å². The number of hydrogen-bond acceptors (Lipinski definition) is 6. The van der Waals surface area contributed by atoms with Gasteiger partial charge in [0.15, 0.2) is 0 Å². The largest absolute Gasteiger partial charge is 0.376 e. The first-order valence-electron chi connectivity index (χ1n) is 9.37. The van der Waals surface area contributed by atoms with Crippen LogP contribution in [0, 0.1) is 0 Å². The third kappa shape index (κ3) is 4.52. The summed E-state index contributed by atoms with van der Waals surface area (Å²) in [7, 11) is 3.83. The molecule has 0 spiro atoms. The highest BCUT2D eigenvalue weighted by atomic mass is 35.5. The molecule has 0 saturated carbocycles. The smallest absolute Gasteiger partial charge is 0.261 e. The Bertz CT molecular complexity index is 1290. The molecule has 0 aliphatic heterocycles. The maximum absolute atomic E-state index is 12.2. The molecule has 0 unspecified atom stereocenters. The van der Waals surface area contributed by atoms with Gasteiger partial charge in [-0.3, -0.25) is 14.2 Å². The van der Waals surface area contributed by atoms with Gasteiger partial charge in [0.1, 0.15) is 5.69 Å². The first-order chi connectivity index (χ1) is 14.9. The van der Waals surface area contributed by atoms with Gasteiger partial charge in [-0.2, -0.15) is 0 Å². The second-order valence-corrected chi connectivity index (χ2v) is 8.63. The van der Waals surface area contributed by atoms with Crippen molar-refractivity contribution in [2.45, 2.75) is 6.54 Å². The summed E-state index contributed by atoms with van der Waals surface area (Å²) in [5.74, 6) is -0.210. The molecule has 4 aromatic rings. The molecule has 0 aliphatic carbocycles. The molecular weight excluding hydrogens is 436 g/mol. The zero-order valence-electron chi connectivity index (χ0n) is 16.8. The van der Waals surface area contributed by atoms with Crippen LogP contribution in [0.1, 0.15) is 15.4 Å². The Morgan fingerprint density at radius 2 is 2.03 bits per heavy atom. The summed E-state index contributed by atoms with van der Waals surface area (Å²) in [6.07, 6.45) is 3.49. The lowest BCUT2D eigenvalue weighted by molar-refractivity contribution is 0.0954. The first-order valence-corrected chi connectivity index (χ1v) is 10.6. The number of halogens is 1. The van der Waals surface area contributed by atoms with Crippen LogP contribution in [0.25, 0.3) is 11.4 Å². The summed E-state index contributed by atoms with van der Waals surface area (Å²) in [5.41, 5.74) is 2.92. The average Bonchev–Trinajstić information content (AvgIpc) is 3.41. The lowest BCUT2D eigenvalue weighted by atomic mass is 10.2. The van der Waals surface area contributed by atoms with Crippen LogP contribution in [0.4, 0.5) is 5.69 Å². The Kier molecular flexibility index (Phi) is 5.88. The summed E-state index contributed by atoms with van der Waals surface area (Å²) in [5, 5.41) is 11.2. The molecule has 1 aromatic carbocycles. The minimum atomic E-state index is -0.210. The van der Waals surface area contributed by atoms with Crippen molar-refractivity contribution in [3.05, 3.63) is 86.2 Å². The van der Waals surface area contributed by atoms with Crippen LogP contribution < -0.4 is 15.8 Å². The molecule has 8 nitrogen and oxygen atoms in total. The van der Waals surface area contributed by atoms with E-state index in [1.165, 1.54) is 17.4 Å². The molecule has 0 aliphatic rings. The summed E-state index contributed by atoms with van der Waals surface area (Å²) in [6.45, 7) is 0.239. The molecule has 0 bridgehead atoms. The van der Waals surface area contributed by atoms with E-state index in [1.54, 1.807) is 39.8 Å². The normalized spacial score (nSPS) is 10.8. The molecular formula is C21H19ClN6O2S. The number of benzene rings is 1. The number of aromatic nitrogens is 4. The lowest BCUT2D eigenvalue weighted by Crippen LogP contribution is -2.21. The second-order valence-electron chi connectivity index (χ2n) is 6.92. The maximum atomic E-state index is 12.2. The maximum Gasteiger partial charge on any atom is 0.261 e. The summed E-state index contributed by atoms with van der Waals surface area (Å²) in [4.78, 5) is 26.9. The molecule has 0 saturated heterocycles. The van der Waals surface area contributed by atoms with Crippen LogP contribution in [0.15, 0.2) is 65.7 Å². The number of amides is 1. The first kappa shape index (κ1) is 20.8. The quantitative estimate of drug-likeness (QED) is 0.484.